The van der Waals surface area contributed by atoms with Crippen molar-refractivity contribution < 1.29 is 0 Å². The van der Waals surface area contributed by atoms with Crippen molar-refractivity contribution in [2.24, 2.45) is 5.10 Å². The Bertz CT molecular complexity index is 570. The van der Waals surface area contributed by atoms with Gasteiger partial charge in [0.15, 0.2) is 0 Å². The average Bonchev–Trinajstić information content (AvgIpc) is 2.68. The van der Waals surface area contributed by atoms with Crippen LogP contribution in [0.2, 0.25) is 15.1 Å². The van der Waals surface area contributed by atoms with Crippen molar-refractivity contribution in [2.75, 3.05) is 5.43 Å². The van der Waals surface area contributed by atoms with E-state index in [0.29, 0.717) is 20.8 Å². The number of nitrogens with zero attached hydrogens (tertiary/aromatic N) is 1. The fourth-order valence-corrected chi connectivity index (χ4v) is 3.01. The van der Waals surface area contributed by atoms with Gasteiger partial charge in [0.25, 0.3) is 0 Å². The van der Waals surface area contributed by atoms with Gasteiger partial charge in [-0.15, -0.1) is 11.3 Å². The maximum atomic E-state index is 6.02. The van der Waals surface area contributed by atoms with Crippen LogP contribution < -0.4 is 5.43 Å². The Labute approximate surface area is 124 Å². The zero-order chi connectivity index (χ0) is 13.1. The molecule has 0 atom stereocenters. The Morgan fingerprint density at radius 1 is 1.22 bits per heavy atom. The second-order valence-electron chi connectivity index (χ2n) is 3.58. The molecule has 94 valence electrons. The number of rotatable bonds is 3. The highest BCUT2D eigenvalue weighted by Gasteiger charge is 2.06. The van der Waals surface area contributed by atoms with Gasteiger partial charge in [0.1, 0.15) is 0 Å². The van der Waals surface area contributed by atoms with Crippen molar-refractivity contribution in [3.8, 4) is 0 Å². The van der Waals surface area contributed by atoms with Gasteiger partial charge < -0.3 is 0 Å². The summed E-state index contributed by atoms with van der Waals surface area (Å²) in [5.41, 5.74) is 4.56. The van der Waals surface area contributed by atoms with Crippen LogP contribution in [0.1, 0.15) is 10.4 Å². The summed E-state index contributed by atoms with van der Waals surface area (Å²) in [6, 6.07) is 5.26. The van der Waals surface area contributed by atoms with Gasteiger partial charge in [-0.1, -0.05) is 34.8 Å². The summed E-state index contributed by atoms with van der Waals surface area (Å²) in [6.45, 7) is 2.03. The summed E-state index contributed by atoms with van der Waals surface area (Å²) in [6.07, 6.45) is 1.74. The lowest BCUT2D eigenvalue weighted by molar-refractivity contribution is 1.35. The van der Waals surface area contributed by atoms with Crippen molar-refractivity contribution in [3.63, 3.8) is 0 Å². The summed E-state index contributed by atoms with van der Waals surface area (Å²) in [5.74, 6) is 0. The molecule has 2 aromatic rings. The van der Waals surface area contributed by atoms with Gasteiger partial charge in [0.2, 0.25) is 0 Å². The van der Waals surface area contributed by atoms with Crippen LogP contribution in [0.25, 0.3) is 0 Å². The highest BCUT2D eigenvalue weighted by atomic mass is 35.5. The Hall–Kier alpha value is -0.740. The smallest absolute Gasteiger partial charge is 0.0935 e. The molecule has 1 aromatic carbocycles. The molecule has 0 saturated heterocycles. The van der Waals surface area contributed by atoms with Gasteiger partial charge in [-0.2, -0.15) is 5.10 Å². The van der Waals surface area contributed by atoms with E-state index in [2.05, 4.69) is 10.5 Å². The predicted molar refractivity (Wildman–Crippen MR) is 81.7 cm³/mol. The second-order valence-corrected chi connectivity index (χ2v) is 5.78. The largest absolute Gasteiger partial charge is 0.275 e. The van der Waals surface area contributed by atoms with Crippen molar-refractivity contribution >= 4 is 58.0 Å². The first-order valence-corrected chi connectivity index (χ1v) is 7.07. The maximum absolute atomic E-state index is 6.02. The number of hydrazone groups is 1. The third-order valence-corrected chi connectivity index (χ3v) is 4.03. The third-order valence-electron chi connectivity index (χ3n) is 2.27. The van der Waals surface area contributed by atoms with E-state index < -0.39 is 0 Å². The molecule has 1 N–H and O–H groups in total. The lowest BCUT2D eigenvalue weighted by Gasteiger charge is -2.06. The molecule has 18 heavy (non-hydrogen) atoms. The minimum absolute atomic E-state index is 0.438. The summed E-state index contributed by atoms with van der Waals surface area (Å²) < 4.78 is 0. The molecular weight excluding hydrogens is 311 g/mol. The number of hydrogen-bond acceptors (Lipinski definition) is 3. The van der Waals surface area contributed by atoms with Gasteiger partial charge in [-0.05, 0) is 36.1 Å². The molecule has 2 rings (SSSR count). The lowest BCUT2D eigenvalue weighted by atomic mass is 10.3. The summed E-state index contributed by atoms with van der Waals surface area (Å²) in [5, 5.41) is 7.50. The van der Waals surface area contributed by atoms with Crippen LogP contribution >= 0.6 is 46.1 Å². The van der Waals surface area contributed by atoms with Crippen molar-refractivity contribution in [1.82, 2.24) is 0 Å². The molecule has 0 amide bonds. The van der Waals surface area contributed by atoms with Crippen LogP contribution in [0.4, 0.5) is 5.69 Å². The van der Waals surface area contributed by atoms with Gasteiger partial charge in [-0.25, -0.2) is 0 Å². The van der Waals surface area contributed by atoms with Gasteiger partial charge in [-0.3, -0.25) is 5.43 Å². The topological polar surface area (TPSA) is 24.4 Å². The molecule has 0 bridgehead atoms. The molecule has 0 saturated carbocycles. The molecule has 0 aliphatic rings. The summed E-state index contributed by atoms with van der Waals surface area (Å²) in [4.78, 5) is 1.09. The first-order valence-electron chi connectivity index (χ1n) is 5.05. The second kappa shape index (κ2) is 5.93. The minimum atomic E-state index is 0.438. The van der Waals surface area contributed by atoms with Crippen molar-refractivity contribution in [2.45, 2.75) is 6.92 Å². The molecule has 1 aromatic heterocycles. The molecule has 0 aliphatic carbocycles. The molecule has 1 heterocycles. The predicted octanol–water partition coefficient (Wildman–Crippen LogP) is 5.46. The molecule has 0 fully saturated rings. The number of halogens is 3. The van der Waals surface area contributed by atoms with Gasteiger partial charge >= 0.3 is 0 Å². The fourth-order valence-electron chi connectivity index (χ4n) is 1.32. The normalized spacial score (nSPS) is 11.1. The lowest BCUT2D eigenvalue weighted by Crippen LogP contribution is -1.92. The van der Waals surface area contributed by atoms with Crippen molar-refractivity contribution in [3.05, 3.63) is 49.1 Å². The highest BCUT2D eigenvalue weighted by Crippen LogP contribution is 2.33. The van der Waals surface area contributed by atoms with Gasteiger partial charge in [0.05, 0.1) is 21.9 Å². The van der Waals surface area contributed by atoms with E-state index in [1.165, 1.54) is 5.56 Å². The van der Waals surface area contributed by atoms with Crippen LogP contribution in [-0.4, -0.2) is 6.21 Å². The number of nitrogens with one attached hydrogen (secondary N) is 1. The van der Waals surface area contributed by atoms with E-state index in [1.807, 2.05) is 18.4 Å². The number of thiophene rings is 1. The molecule has 2 nitrogen and oxygen atoms in total. The van der Waals surface area contributed by atoms with E-state index >= 15 is 0 Å². The summed E-state index contributed by atoms with van der Waals surface area (Å²) in [7, 11) is 0. The Balaban J connectivity index is 2.16. The van der Waals surface area contributed by atoms with Gasteiger partial charge in [0, 0.05) is 9.90 Å². The van der Waals surface area contributed by atoms with Crippen LogP contribution in [0.3, 0.4) is 0 Å². The van der Waals surface area contributed by atoms with Crippen LogP contribution in [0.5, 0.6) is 0 Å². The Morgan fingerprint density at radius 2 is 1.89 bits per heavy atom. The SMILES string of the molecule is Cc1ccsc1C=NNc1c(Cl)cc(Cl)cc1Cl. The molecule has 0 aliphatic heterocycles. The molecule has 6 heteroatoms. The Morgan fingerprint density at radius 3 is 2.44 bits per heavy atom. The third kappa shape index (κ3) is 3.18. The first-order chi connectivity index (χ1) is 8.58. The summed E-state index contributed by atoms with van der Waals surface area (Å²) >= 11 is 19.5. The van der Waals surface area contributed by atoms with E-state index in [1.54, 1.807) is 29.7 Å². The maximum Gasteiger partial charge on any atom is 0.0935 e. The van der Waals surface area contributed by atoms with E-state index in [-0.39, 0.29) is 0 Å². The monoisotopic (exact) mass is 318 g/mol. The molecular formula is C12H9Cl3N2S. The molecule has 0 spiro atoms. The van der Waals surface area contributed by atoms with Crippen LogP contribution in [0.15, 0.2) is 28.7 Å². The quantitative estimate of drug-likeness (QED) is 0.589. The van der Waals surface area contributed by atoms with E-state index in [4.69, 9.17) is 34.8 Å². The minimum Gasteiger partial charge on any atom is -0.275 e. The zero-order valence-electron chi connectivity index (χ0n) is 9.38. The number of benzene rings is 1. The number of anilines is 1. The molecule has 0 radical (unpaired) electrons. The standard InChI is InChI=1S/C12H9Cl3N2S/c1-7-2-3-18-11(7)6-16-17-12-9(14)4-8(13)5-10(12)15/h2-6,17H,1H3. The fraction of sp³-hybridized carbons (Fsp3) is 0.0833. The first kappa shape index (κ1) is 13.7. The highest BCUT2D eigenvalue weighted by molar-refractivity contribution is 7.11. The van der Waals surface area contributed by atoms with Crippen molar-refractivity contribution in [1.29, 1.82) is 0 Å². The zero-order valence-corrected chi connectivity index (χ0v) is 12.5. The van der Waals surface area contributed by atoms with Crippen LogP contribution in [-0.2, 0) is 0 Å². The molecule has 0 unspecified atom stereocenters. The average molecular weight is 320 g/mol. The van der Waals surface area contributed by atoms with Crippen LogP contribution in [0, 0.1) is 6.92 Å². The van der Waals surface area contributed by atoms with E-state index in [0.717, 1.165) is 4.88 Å². The number of hydrogen-bond donors (Lipinski definition) is 1. The number of aryl methyl sites for hydroxylation is 1. The van der Waals surface area contributed by atoms with E-state index in [9.17, 15) is 0 Å². The Kier molecular flexibility index (Phi) is 4.51.